The normalized spacial score (nSPS) is 10.5. The highest BCUT2D eigenvalue weighted by molar-refractivity contribution is 5.79. The van der Waals surface area contributed by atoms with Crippen LogP contribution in [0.15, 0.2) is 24.3 Å². The number of carbonyl (C=O) groups is 2. The number of carbonyl (C=O) groups excluding carboxylic acids is 1. The van der Waals surface area contributed by atoms with Gasteiger partial charge in [-0.1, -0.05) is 18.2 Å². The van der Waals surface area contributed by atoms with E-state index in [-0.39, 0.29) is 24.9 Å². The number of carboxylic acid groups (broad SMARTS) is 1. The number of carboxylic acids is 1. The Labute approximate surface area is 125 Å². The van der Waals surface area contributed by atoms with Crippen LogP contribution >= 0.6 is 0 Å². The molecule has 1 N–H and O–H groups in total. The number of hydrogen-bond donors (Lipinski definition) is 1. The lowest BCUT2D eigenvalue weighted by Gasteiger charge is -2.18. The molecule has 1 amide bonds. The molecule has 1 aromatic rings. The van der Waals surface area contributed by atoms with Crippen LogP contribution in [-0.2, 0) is 16.0 Å². The van der Waals surface area contributed by atoms with Crippen LogP contribution in [0.1, 0.15) is 32.3 Å². The second-order valence-corrected chi connectivity index (χ2v) is 5.26. The number of hydrogen-bond acceptors (Lipinski definition) is 3. The highest BCUT2D eigenvalue weighted by Gasteiger charge is 2.13. The summed E-state index contributed by atoms with van der Waals surface area (Å²) in [6, 6.07) is 7.48. The predicted molar refractivity (Wildman–Crippen MR) is 80.4 cm³/mol. The van der Waals surface area contributed by atoms with Crippen LogP contribution in [-0.4, -0.2) is 41.6 Å². The van der Waals surface area contributed by atoms with E-state index in [0.717, 1.165) is 11.3 Å². The average molecular weight is 293 g/mol. The molecule has 0 saturated carbocycles. The minimum absolute atomic E-state index is 0.0415. The summed E-state index contributed by atoms with van der Waals surface area (Å²) in [4.78, 5) is 24.2. The summed E-state index contributed by atoms with van der Waals surface area (Å²) in [6.07, 6.45) is 0.841. The zero-order chi connectivity index (χ0) is 15.8. The molecule has 1 aromatic carbocycles. The first-order valence-corrected chi connectivity index (χ1v) is 7.10. The van der Waals surface area contributed by atoms with Crippen molar-refractivity contribution in [3.8, 4) is 5.75 Å². The van der Waals surface area contributed by atoms with Crippen molar-refractivity contribution in [1.29, 1.82) is 0 Å². The third-order valence-corrected chi connectivity index (χ3v) is 2.99. The third-order valence-electron chi connectivity index (χ3n) is 2.99. The minimum atomic E-state index is -0.841. The Balaban J connectivity index is 2.59. The van der Waals surface area contributed by atoms with Crippen molar-refractivity contribution in [2.75, 3.05) is 13.6 Å². The van der Waals surface area contributed by atoms with E-state index in [9.17, 15) is 9.59 Å². The molecule has 0 aliphatic carbocycles. The summed E-state index contributed by atoms with van der Waals surface area (Å²) < 4.78 is 5.69. The van der Waals surface area contributed by atoms with E-state index in [2.05, 4.69) is 0 Å². The van der Waals surface area contributed by atoms with Gasteiger partial charge in [0.25, 0.3) is 0 Å². The molecule has 21 heavy (non-hydrogen) atoms. The fraction of sp³-hybridized carbons (Fsp3) is 0.500. The second-order valence-electron chi connectivity index (χ2n) is 5.26. The SMILES string of the molecule is CC(C)Oc1ccccc1CC(=O)N(C)CCCC(=O)O. The van der Waals surface area contributed by atoms with E-state index in [4.69, 9.17) is 9.84 Å². The Morgan fingerprint density at radius 3 is 2.57 bits per heavy atom. The monoisotopic (exact) mass is 293 g/mol. The number of aliphatic carboxylic acids is 1. The summed E-state index contributed by atoms with van der Waals surface area (Å²) in [7, 11) is 1.69. The molecule has 0 atom stereocenters. The second kappa shape index (κ2) is 8.29. The predicted octanol–water partition coefficient (Wildman–Crippen LogP) is 2.34. The molecular formula is C16H23NO4. The molecule has 0 aliphatic heterocycles. The summed E-state index contributed by atoms with van der Waals surface area (Å²) in [6.45, 7) is 4.32. The van der Waals surface area contributed by atoms with Crippen LogP contribution in [0.4, 0.5) is 0 Å². The molecule has 0 bridgehead atoms. The van der Waals surface area contributed by atoms with Crippen LogP contribution in [0.5, 0.6) is 5.75 Å². The van der Waals surface area contributed by atoms with Gasteiger partial charge in [-0.15, -0.1) is 0 Å². The van der Waals surface area contributed by atoms with Gasteiger partial charge in [-0.05, 0) is 26.3 Å². The maximum Gasteiger partial charge on any atom is 0.303 e. The van der Waals surface area contributed by atoms with E-state index in [0.29, 0.717) is 13.0 Å². The van der Waals surface area contributed by atoms with Crippen molar-refractivity contribution in [3.05, 3.63) is 29.8 Å². The van der Waals surface area contributed by atoms with Gasteiger partial charge in [-0.25, -0.2) is 0 Å². The van der Waals surface area contributed by atoms with Crippen LogP contribution in [0, 0.1) is 0 Å². The van der Waals surface area contributed by atoms with Crippen molar-refractivity contribution in [2.24, 2.45) is 0 Å². The number of para-hydroxylation sites is 1. The van der Waals surface area contributed by atoms with Crippen molar-refractivity contribution >= 4 is 11.9 Å². The summed E-state index contributed by atoms with van der Waals surface area (Å²) in [5, 5.41) is 8.60. The van der Waals surface area contributed by atoms with Gasteiger partial charge in [0.05, 0.1) is 12.5 Å². The van der Waals surface area contributed by atoms with Crippen LogP contribution < -0.4 is 4.74 Å². The van der Waals surface area contributed by atoms with Crippen molar-refractivity contribution in [1.82, 2.24) is 4.90 Å². The molecule has 1 rings (SSSR count). The van der Waals surface area contributed by atoms with Gasteiger partial charge in [0, 0.05) is 25.6 Å². The molecule has 0 fully saturated rings. The van der Waals surface area contributed by atoms with E-state index in [1.807, 2.05) is 38.1 Å². The number of benzene rings is 1. The standard InChI is InChI=1S/C16H23NO4/c1-12(2)21-14-8-5-4-7-13(14)11-15(18)17(3)10-6-9-16(19)20/h4-5,7-8,12H,6,9-11H2,1-3H3,(H,19,20). The van der Waals surface area contributed by atoms with Crippen molar-refractivity contribution in [3.63, 3.8) is 0 Å². The maximum absolute atomic E-state index is 12.1. The fourth-order valence-corrected chi connectivity index (χ4v) is 1.91. The Kier molecular flexibility index (Phi) is 6.72. The van der Waals surface area contributed by atoms with E-state index in [1.165, 1.54) is 0 Å². The Morgan fingerprint density at radius 1 is 1.29 bits per heavy atom. The van der Waals surface area contributed by atoms with Crippen LogP contribution in [0.2, 0.25) is 0 Å². The van der Waals surface area contributed by atoms with Crippen LogP contribution in [0.3, 0.4) is 0 Å². The lowest BCUT2D eigenvalue weighted by molar-refractivity contribution is -0.138. The average Bonchev–Trinajstić information content (AvgIpc) is 2.39. The molecule has 0 aliphatic rings. The lowest BCUT2D eigenvalue weighted by atomic mass is 10.1. The Hall–Kier alpha value is -2.04. The first-order chi connectivity index (χ1) is 9.90. The zero-order valence-corrected chi connectivity index (χ0v) is 12.8. The lowest BCUT2D eigenvalue weighted by Crippen LogP contribution is -2.29. The topological polar surface area (TPSA) is 66.8 Å². The summed E-state index contributed by atoms with van der Waals surface area (Å²) in [5.41, 5.74) is 0.848. The third kappa shape index (κ3) is 6.29. The number of rotatable bonds is 8. The van der Waals surface area contributed by atoms with Crippen molar-refractivity contribution < 1.29 is 19.4 Å². The number of amides is 1. The summed E-state index contributed by atoms with van der Waals surface area (Å²) >= 11 is 0. The minimum Gasteiger partial charge on any atom is -0.491 e. The van der Waals surface area contributed by atoms with Crippen molar-refractivity contribution in [2.45, 2.75) is 39.2 Å². The number of nitrogens with zero attached hydrogens (tertiary/aromatic N) is 1. The molecule has 0 saturated heterocycles. The summed E-state index contributed by atoms with van der Waals surface area (Å²) in [5.74, 6) is -0.161. The molecule has 0 radical (unpaired) electrons. The van der Waals surface area contributed by atoms with Gasteiger partial charge in [0.2, 0.25) is 5.91 Å². The van der Waals surface area contributed by atoms with Gasteiger partial charge >= 0.3 is 5.97 Å². The molecule has 5 heteroatoms. The van der Waals surface area contributed by atoms with Gasteiger partial charge in [-0.2, -0.15) is 0 Å². The highest BCUT2D eigenvalue weighted by atomic mass is 16.5. The fourth-order valence-electron chi connectivity index (χ4n) is 1.91. The zero-order valence-electron chi connectivity index (χ0n) is 12.8. The Bertz CT molecular complexity index is 485. The molecule has 116 valence electrons. The van der Waals surface area contributed by atoms with Crippen LogP contribution in [0.25, 0.3) is 0 Å². The molecule has 0 spiro atoms. The molecule has 0 unspecified atom stereocenters. The van der Waals surface area contributed by atoms with Gasteiger partial charge in [0.15, 0.2) is 0 Å². The van der Waals surface area contributed by atoms with Gasteiger partial charge in [0.1, 0.15) is 5.75 Å². The quantitative estimate of drug-likeness (QED) is 0.799. The van der Waals surface area contributed by atoms with E-state index in [1.54, 1.807) is 11.9 Å². The van der Waals surface area contributed by atoms with Gasteiger partial charge in [-0.3, -0.25) is 9.59 Å². The molecule has 5 nitrogen and oxygen atoms in total. The molecule has 0 heterocycles. The Morgan fingerprint density at radius 2 is 1.95 bits per heavy atom. The first-order valence-electron chi connectivity index (χ1n) is 7.10. The number of likely N-dealkylation sites (N-methyl/N-ethyl adjacent to an activating group) is 1. The number of ether oxygens (including phenoxy) is 1. The molecular weight excluding hydrogens is 270 g/mol. The smallest absolute Gasteiger partial charge is 0.303 e. The highest BCUT2D eigenvalue weighted by Crippen LogP contribution is 2.20. The van der Waals surface area contributed by atoms with Gasteiger partial charge < -0.3 is 14.7 Å². The largest absolute Gasteiger partial charge is 0.491 e. The van der Waals surface area contributed by atoms with E-state index < -0.39 is 5.97 Å². The maximum atomic E-state index is 12.1. The molecule has 0 aromatic heterocycles. The first kappa shape index (κ1) is 17.0. The van der Waals surface area contributed by atoms with E-state index >= 15 is 0 Å².